The van der Waals surface area contributed by atoms with Gasteiger partial charge in [-0.2, -0.15) is 0 Å². The van der Waals surface area contributed by atoms with Gasteiger partial charge in [-0.15, -0.1) is 4.79 Å². The minimum atomic E-state index is -1.89. The maximum atomic E-state index is 8.63. The molecule has 0 rings (SSSR count). The van der Waals surface area contributed by atoms with E-state index in [-0.39, 0.29) is 10.5 Å². The molecule has 0 heterocycles. The Kier molecular flexibility index (Phi) is 4.35. The fourth-order valence-electron chi connectivity index (χ4n) is 0.797. The highest BCUT2D eigenvalue weighted by Crippen LogP contribution is 2.40. The van der Waals surface area contributed by atoms with E-state index in [1.165, 1.54) is 0 Å². The van der Waals surface area contributed by atoms with Crippen molar-refractivity contribution in [3.05, 3.63) is 11.3 Å². The van der Waals surface area contributed by atoms with Gasteiger partial charge in [0.2, 0.25) is 5.76 Å². The first-order valence-electron chi connectivity index (χ1n) is 5.58. The van der Waals surface area contributed by atoms with Crippen molar-refractivity contribution in [2.75, 3.05) is 0 Å². The SMILES string of the molecule is CC(C)(C)C(=C=[N+]=[N-])O[Si](C)(C)C(C)(C)C. The maximum Gasteiger partial charge on any atom is 0.340 e. The van der Waals surface area contributed by atoms with Crippen LogP contribution < -0.4 is 0 Å². The smallest absolute Gasteiger partial charge is 0.340 e. The number of hydrogen-bond donors (Lipinski definition) is 0. The standard InChI is InChI=1S/C12H24N2OSi/c1-11(2,3)10(9-14-13)15-16(7,8)12(4,5)6/h1-8H3. The lowest BCUT2D eigenvalue weighted by Crippen LogP contribution is -2.42. The molecule has 0 aromatic carbocycles. The molecule has 0 spiro atoms. The van der Waals surface area contributed by atoms with Gasteiger partial charge in [0, 0.05) is 5.41 Å². The third-order valence-corrected chi connectivity index (χ3v) is 7.32. The summed E-state index contributed by atoms with van der Waals surface area (Å²) in [5, 5.41) is 0.126. The average Bonchev–Trinajstić information content (AvgIpc) is 1.99. The van der Waals surface area contributed by atoms with Gasteiger partial charge in [0.15, 0.2) is 0 Å². The van der Waals surface area contributed by atoms with Crippen LogP contribution in [0.4, 0.5) is 0 Å². The predicted molar refractivity (Wildman–Crippen MR) is 69.9 cm³/mol. The summed E-state index contributed by atoms with van der Waals surface area (Å²) < 4.78 is 6.10. The van der Waals surface area contributed by atoms with Crippen molar-refractivity contribution in [1.82, 2.24) is 0 Å². The first-order chi connectivity index (χ1) is 6.92. The molecule has 0 radical (unpaired) electrons. The van der Waals surface area contributed by atoms with Gasteiger partial charge in [0.1, 0.15) is 0 Å². The fraction of sp³-hybridized carbons (Fsp3) is 0.833. The highest BCUT2D eigenvalue weighted by atomic mass is 28.4. The van der Waals surface area contributed by atoms with E-state index in [2.05, 4.69) is 44.5 Å². The Morgan fingerprint density at radius 1 is 1.12 bits per heavy atom. The van der Waals surface area contributed by atoms with Crippen molar-refractivity contribution >= 4 is 14.2 Å². The van der Waals surface area contributed by atoms with E-state index in [0.29, 0.717) is 5.76 Å². The molecule has 0 saturated heterocycles. The van der Waals surface area contributed by atoms with Gasteiger partial charge in [-0.1, -0.05) is 41.5 Å². The number of allylic oxidation sites excluding steroid dienone is 1. The van der Waals surface area contributed by atoms with Gasteiger partial charge < -0.3 is 9.96 Å². The van der Waals surface area contributed by atoms with Crippen LogP contribution in [0.1, 0.15) is 41.5 Å². The van der Waals surface area contributed by atoms with Crippen LogP contribution in [0.25, 0.3) is 5.53 Å². The zero-order valence-corrected chi connectivity index (χ0v) is 12.8. The monoisotopic (exact) mass is 240 g/mol. The average molecular weight is 240 g/mol. The summed E-state index contributed by atoms with van der Waals surface area (Å²) in [6.07, 6.45) is 0. The third kappa shape index (κ3) is 3.97. The molecule has 0 unspecified atom stereocenters. The topological polar surface area (TPSA) is 45.6 Å². The molecule has 0 bridgehead atoms. The van der Waals surface area contributed by atoms with Crippen molar-refractivity contribution in [3.63, 3.8) is 0 Å². The van der Waals surface area contributed by atoms with E-state index < -0.39 is 8.32 Å². The summed E-state index contributed by atoms with van der Waals surface area (Å²) in [4.78, 5) is 2.98. The van der Waals surface area contributed by atoms with E-state index >= 15 is 0 Å². The minimum Gasteiger partial charge on any atom is -0.536 e. The van der Waals surface area contributed by atoms with Crippen LogP contribution in [0.2, 0.25) is 18.1 Å². The predicted octanol–water partition coefficient (Wildman–Crippen LogP) is 3.84. The highest BCUT2D eigenvalue weighted by Gasteiger charge is 2.41. The Hall–Kier alpha value is -0.823. The van der Waals surface area contributed by atoms with Crippen molar-refractivity contribution < 1.29 is 9.22 Å². The van der Waals surface area contributed by atoms with Crippen molar-refractivity contribution in [3.8, 4) is 0 Å². The number of nitrogens with zero attached hydrogens (tertiary/aromatic N) is 2. The molecule has 0 saturated carbocycles. The van der Waals surface area contributed by atoms with E-state index in [4.69, 9.17) is 9.96 Å². The second kappa shape index (κ2) is 4.58. The summed E-state index contributed by atoms with van der Waals surface area (Å²) >= 11 is 0. The summed E-state index contributed by atoms with van der Waals surface area (Å²) in [5.41, 5.74) is 8.44. The zero-order chi connectivity index (χ0) is 13.2. The Morgan fingerprint density at radius 3 is 1.81 bits per heavy atom. The first-order valence-corrected chi connectivity index (χ1v) is 8.49. The molecular weight excluding hydrogens is 216 g/mol. The molecule has 4 heteroatoms. The van der Waals surface area contributed by atoms with Gasteiger partial charge in [-0.05, 0) is 18.1 Å². The summed E-state index contributed by atoms with van der Waals surface area (Å²) in [7, 11) is -1.89. The van der Waals surface area contributed by atoms with Crippen LogP contribution in [0.5, 0.6) is 0 Å². The van der Waals surface area contributed by atoms with E-state index in [1.807, 2.05) is 20.8 Å². The molecule has 0 aliphatic carbocycles. The quantitative estimate of drug-likeness (QED) is 0.238. The molecule has 0 aliphatic rings. The summed E-state index contributed by atoms with van der Waals surface area (Å²) in [5.74, 6) is 3.19. The van der Waals surface area contributed by atoms with Crippen LogP contribution in [0, 0.1) is 5.41 Å². The lowest BCUT2D eigenvalue weighted by atomic mass is 9.95. The van der Waals surface area contributed by atoms with Crippen LogP contribution >= 0.6 is 0 Å². The highest BCUT2D eigenvalue weighted by molar-refractivity contribution is 6.74. The molecule has 0 aromatic heterocycles. The van der Waals surface area contributed by atoms with Gasteiger partial charge in [0.05, 0.1) is 0 Å². The van der Waals surface area contributed by atoms with Gasteiger partial charge in [-0.3, -0.25) is 0 Å². The minimum absolute atomic E-state index is 0.126. The molecule has 16 heavy (non-hydrogen) atoms. The zero-order valence-electron chi connectivity index (χ0n) is 11.8. The molecule has 0 N–H and O–H groups in total. The van der Waals surface area contributed by atoms with Crippen LogP contribution in [0.3, 0.4) is 0 Å². The Morgan fingerprint density at radius 2 is 1.56 bits per heavy atom. The normalized spacial score (nSPS) is 12.8. The molecule has 92 valence electrons. The first kappa shape index (κ1) is 15.2. The molecule has 0 atom stereocenters. The molecular formula is C12H24N2OSi. The third-order valence-electron chi connectivity index (χ3n) is 3.00. The Balaban J connectivity index is 5.25. The number of rotatable bonds is 2. The Labute approximate surface area is 100 Å². The second-order valence-corrected chi connectivity index (χ2v) is 11.4. The Bertz CT molecular complexity index is 335. The van der Waals surface area contributed by atoms with Crippen molar-refractivity contribution in [1.29, 1.82) is 0 Å². The molecule has 0 fully saturated rings. The lowest BCUT2D eigenvalue weighted by Gasteiger charge is -2.38. The second-order valence-electron chi connectivity index (χ2n) is 6.65. The molecule has 3 nitrogen and oxygen atoms in total. The van der Waals surface area contributed by atoms with Gasteiger partial charge in [0.25, 0.3) is 8.32 Å². The number of hydrogen-bond acceptors (Lipinski definition) is 1. The summed E-state index contributed by atoms with van der Waals surface area (Å²) in [6.45, 7) is 16.9. The molecule has 0 aliphatic heterocycles. The molecule has 0 aromatic rings. The lowest BCUT2D eigenvalue weighted by molar-refractivity contribution is 0.00446. The van der Waals surface area contributed by atoms with Gasteiger partial charge >= 0.3 is 5.87 Å². The summed E-state index contributed by atoms with van der Waals surface area (Å²) in [6, 6.07) is 0. The molecule has 0 amide bonds. The maximum absolute atomic E-state index is 8.63. The van der Waals surface area contributed by atoms with Crippen molar-refractivity contribution in [2.24, 2.45) is 5.41 Å². The van der Waals surface area contributed by atoms with Crippen LogP contribution in [0.15, 0.2) is 5.76 Å². The van der Waals surface area contributed by atoms with E-state index in [9.17, 15) is 0 Å². The van der Waals surface area contributed by atoms with E-state index in [0.717, 1.165) is 0 Å². The van der Waals surface area contributed by atoms with Crippen LogP contribution in [-0.2, 0) is 4.43 Å². The van der Waals surface area contributed by atoms with Crippen molar-refractivity contribution in [2.45, 2.75) is 59.7 Å². The fourth-order valence-corrected chi connectivity index (χ4v) is 1.97. The van der Waals surface area contributed by atoms with Crippen LogP contribution in [-0.4, -0.2) is 19.0 Å². The largest absolute Gasteiger partial charge is 0.536 e. The van der Waals surface area contributed by atoms with E-state index in [1.54, 1.807) is 0 Å². The van der Waals surface area contributed by atoms with Gasteiger partial charge in [-0.25, -0.2) is 0 Å².